The van der Waals surface area contributed by atoms with E-state index in [1.165, 1.54) is 12.8 Å². The molecule has 0 rings (SSSR count). The minimum absolute atomic E-state index is 0.128. The van der Waals surface area contributed by atoms with Crippen LogP contribution < -0.4 is 0 Å². The van der Waals surface area contributed by atoms with Crippen LogP contribution in [0, 0.1) is 0 Å². The van der Waals surface area contributed by atoms with E-state index in [1.807, 2.05) is 36.5 Å². The highest BCUT2D eigenvalue weighted by molar-refractivity contribution is 5.71. The van der Waals surface area contributed by atoms with Crippen LogP contribution in [-0.4, -0.2) is 37.2 Å². The van der Waals surface area contributed by atoms with E-state index in [0.29, 0.717) is 19.3 Å². The zero-order chi connectivity index (χ0) is 38.7. The molecule has 6 heteroatoms. The Morgan fingerprint density at radius 1 is 0.415 bits per heavy atom. The minimum atomic E-state index is -0.830. The number of rotatable bonds is 34. The normalized spacial score (nSPS) is 13.2. The smallest absolute Gasteiger partial charge is 0.306 e. The molecule has 0 aliphatic rings. The molecule has 0 saturated carbocycles. The molecule has 0 amide bonds. The van der Waals surface area contributed by atoms with Crippen LogP contribution in [0.2, 0.25) is 0 Å². The fourth-order valence-corrected chi connectivity index (χ4v) is 4.80. The van der Waals surface area contributed by atoms with Crippen LogP contribution >= 0.6 is 0 Å². The molecule has 53 heavy (non-hydrogen) atoms. The molecule has 1 unspecified atom stereocenters. The van der Waals surface area contributed by atoms with Gasteiger partial charge in [0.25, 0.3) is 0 Å². The van der Waals surface area contributed by atoms with Crippen molar-refractivity contribution in [2.45, 2.75) is 155 Å². The van der Waals surface area contributed by atoms with Gasteiger partial charge in [-0.1, -0.05) is 156 Å². The van der Waals surface area contributed by atoms with Crippen LogP contribution in [-0.2, 0) is 28.6 Å². The predicted octanol–water partition coefficient (Wildman–Crippen LogP) is 12.9. The van der Waals surface area contributed by atoms with Gasteiger partial charge >= 0.3 is 17.9 Å². The molecule has 0 aliphatic carbocycles. The summed E-state index contributed by atoms with van der Waals surface area (Å²) in [5.41, 5.74) is 0. The Balaban J connectivity index is 4.60. The van der Waals surface area contributed by atoms with Gasteiger partial charge in [-0.05, 0) is 83.5 Å². The zero-order valence-electron chi connectivity index (χ0n) is 33.5. The fourth-order valence-electron chi connectivity index (χ4n) is 4.80. The summed E-state index contributed by atoms with van der Waals surface area (Å²) in [5.74, 6) is -1.07. The molecule has 0 saturated heterocycles. The van der Waals surface area contributed by atoms with Crippen molar-refractivity contribution < 1.29 is 28.6 Å². The first-order valence-corrected chi connectivity index (χ1v) is 20.5. The number of carbonyl (C=O) groups excluding carboxylic acids is 3. The van der Waals surface area contributed by atoms with Gasteiger partial charge < -0.3 is 14.2 Å². The van der Waals surface area contributed by atoms with Gasteiger partial charge in [0.1, 0.15) is 13.2 Å². The molecule has 0 heterocycles. The van der Waals surface area contributed by atoms with Crippen molar-refractivity contribution in [3.05, 3.63) is 109 Å². The first kappa shape index (κ1) is 49.1. The monoisotopic (exact) mass is 733 g/mol. The van der Waals surface area contributed by atoms with E-state index in [4.69, 9.17) is 14.2 Å². The Hall–Kier alpha value is -3.93. The summed E-state index contributed by atoms with van der Waals surface area (Å²) < 4.78 is 16.5. The average molecular weight is 733 g/mol. The molecule has 0 aromatic rings. The molecular formula is C47H72O6. The molecule has 1 atom stereocenters. The summed E-state index contributed by atoms with van der Waals surface area (Å²) >= 11 is 0. The van der Waals surface area contributed by atoms with Gasteiger partial charge in [-0.25, -0.2) is 0 Å². The molecule has 0 N–H and O–H groups in total. The summed E-state index contributed by atoms with van der Waals surface area (Å²) in [4.78, 5) is 37.5. The lowest BCUT2D eigenvalue weighted by atomic mass is 10.1. The zero-order valence-corrected chi connectivity index (χ0v) is 33.5. The number of esters is 3. The lowest BCUT2D eigenvalue weighted by Gasteiger charge is -2.18. The van der Waals surface area contributed by atoms with Crippen molar-refractivity contribution in [3.63, 3.8) is 0 Å². The third kappa shape index (κ3) is 39.1. The second kappa shape index (κ2) is 40.8. The number of carbonyl (C=O) groups is 3. The van der Waals surface area contributed by atoms with Gasteiger partial charge in [-0.3, -0.25) is 14.4 Å². The molecule has 6 nitrogen and oxygen atoms in total. The van der Waals surface area contributed by atoms with E-state index < -0.39 is 12.1 Å². The van der Waals surface area contributed by atoms with Crippen LogP contribution in [0.5, 0.6) is 0 Å². The van der Waals surface area contributed by atoms with E-state index >= 15 is 0 Å². The van der Waals surface area contributed by atoms with Gasteiger partial charge in [0.15, 0.2) is 6.10 Å². The highest BCUT2D eigenvalue weighted by Crippen LogP contribution is 2.10. The summed E-state index contributed by atoms with van der Waals surface area (Å²) in [7, 11) is 0. The Morgan fingerprint density at radius 3 is 1.40 bits per heavy atom. The van der Waals surface area contributed by atoms with Crippen LogP contribution in [0.3, 0.4) is 0 Å². The minimum Gasteiger partial charge on any atom is -0.462 e. The van der Waals surface area contributed by atoms with Crippen molar-refractivity contribution >= 4 is 17.9 Å². The highest BCUT2D eigenvalue weighted by Gasteiger charge is 2.19. The Morgan fingerprint density at radius 2 is 0.849 bits per heavy atom. The van der Waals surface area contributed by atoms with E-state index in [0.717, 1.165) is 89.9 Å². The maximum Gasteiger partial charge on any atom is 0.306 e. The first-order valence-electron chi connectivity index (χ1n) is 20.5. The number of unbranched alkanes of at least 4 members (excludes halogenated alkanes) is 9. The summed E-state index contributed by atoms with van der Waals surface area (Å²) in [6.45, 7) is 6.16. The van der Waals surface area contributed by atoms with Gasteiger partial charge in [-0.2, -0.15) is 0 Å². The van der Waals surface area contributed by atoms with Gasteiger partial charge in [-0.15, -0.1) is 0 Å². The predicted molar refractivity (Wildman–Crippen MR) is 223 cm³/mol. The van der Waals surface area contributed by atoms with Crippen molar-refractivity contribution in [1.29, 1.82) is 0 Å². The molecule has 0 bridgehead atoms. The largest absolute Gasteiger partial charge is 0.462 e. The second-order valence-electron chi connectivity index (χ2n) is 12.9. The third-order valence-electron chi connectivity index (χ3n) is 7.86. The molecule has 0 aromatic heterocycles. The van der Waals surface area contributed by atoms with Gasteiger partial charge in [0.2, 0.25) is 0 Å². The third-order valence-corrected chi connectivity index (χ3v) is 7.86. The van der Waals surface area contributed by atoms with E-state index in [1.54, 1.807) is 0 Å². The Bertz CT molecular complexity index is 1160. The van der Waals surface area contributed by atoms with Crippen molar-refractivity contribution in [2.75, 3.05) is 13.2 Å². The maximum absolute atomic E-state index is 12.6. The Kier molecular flexibility index (Phi) is 37.8. The molecule has 296 valence electrons. The van der Waals surface area contributed by atoms with Crippen LogP contribution in [0.1, 0.15) is 149 Å². The average Bonchev–Trinajstić information content (AvgIpc) is 3.15. The summed E-state index contributed by atoms with van der Waals surface area (Å²) in [6, 6.07) is 0. The van der Waals surface area contributed by atoms with Crippen LogP contribution in [0.4, 0.5) is 0 Å². The van der Waals surface area contributed by atoms with Crippen LogP contribution in [0.15, 0.2) is 109 Å². The van der Waals surface area contributed by atoms with E-state index in [-0.39, 0.29) is 31.6 Å². The van der Waals surface area contributed by atoms with Crippen LogP contribution in [0.25, 0.3) is 0 Å². The lowest BCUT2D eigenvalue weighted by molar-refractivity contribution is -0.167. The molecular weight excluding hydrogens is 661 g/mol. The molecule has 0 radical (unpaired) electrons. The standard InChI is InChI=1S/C47H72O6/c1-4-7-10-13-16-19-22-23-26-28-31-34-37-40-46(49)52-43-44(53-47(50)41-38-35-32-29-25-21-18-15-12-9-6-3)42-51-45(48)39-36-33-30-27-24-20-17-14-11-8-5-2/h7,9-10,12-14,16-24,26,29,32,44H,4-6,8,11,15,25,27-28,30-31,33-43H2,1-3H3/b10-7-,12-9-,16-13-,17-14-,21-18-,22-19-,24-20-,26-23-,32-29-. The van der Waals surface area contributed by atoms with Gasteiger partial charge in [0, 0.05) is 19.3 Å². The summed E-state index contributed by atoms with van der Waals surface area (Å²) in [6.07, 6.45) is 53.7. The number of allylic oxidation sites excluding steroid dienone is 18. The molecule has 0 fully saturated rings. The fraction of sp³-hybridized carbons (Fsp3) is 0.553. The van der Waals surface area contributed by atoms with E-state index in [9.17, 15) is 14.4 Å². The van der Waals surface area contributed by atoms with E-state index in [2.05, 4.69) is 93.7 Å². The number of hydrogen-bond donors (Lipinski definition) is 0. The van der Waals surface area contributed by atoms with Crippen molar-refractivity contribution in [2.24, 2.45) is 0 Å². The maximum atomic E-state index is 12.6. The summed E-state index contributed by atoms with van der Waals surface area (Å²) in [5, 5.41) is 0. The lowest BCUT2D eigenvalue weighted by Crippen LogP contribution is -2.30. The topological polar surface area (TPSA) is 78.9 Å². The quantitative estimate of drug-likeness (QED) is 0.0215. The number of ether oxygens (including phenoxy) is 3. The van der Waals surface area contributed by atoms with Crippen molar-refractivity contribution in [1.82, 2.24) is 0 Å². The molecule has 0 aliphatic heterocycles. The first-order chi connectivity index (χ1) is 26.0. The Labute approximate surface area is 323 Å². The molecule has 0 spiro atoms. The highest BCUT2D eigenvalue weighted by atomic mass is 16.6. The molecule has 0 aromatic carbocycles. The SMILES string of the molecule is CC\C=C/C=C\C=C/C=C\CCCCCC(=O)OCC(COC(=O)CCCCC/C=C\C=C/CCCC)OC(=O)CCC/C=C\C/C=C\C/C=C\CC. The second-order valence-corrected chi connectivity index (χ2v) is 12.9. The van der Waals surface area contributed by atoms with Crippen molar-refractivity contribution in [3.8, 4) is 0 Å². The van der Waals surface area contributed by atoms with Gasteiger partial charge in [0.05, 0.1) is 0 Å². The number of hydrogen-bond acceptors (Lipinski definition) is 6.